The van der Waals surface area contributed by atoms with Crippen molar-refractivity contribution in [1.82, 2.24) is 4.57 Å². The van der Waals surface area contributed by atoms with Gasteiger partial charge in [-0.05, 0) is 101 Å². The van der Waals surface area contributed by atoms with Gasteiger partial charge < -0.3 is 18.3 Å². The van der Waals surface area contributed by atoms with Gasteiger partial charge in [-0.2, -0.15) is 0 Å². The van der Waals surface area contributed by atoms with Crippen molar-refractivity contribution < 1.29 is 8.83 Å². The highest BCUT2D eigenvalue weighted by atomic mass is 16.3. The quantitative estimate of drug-likeness (QED) is 0.178. The Bertz CT molecular complexity index is 3500. The third-order valence-corrected chi connectivity index (χ3v) is 11.3. The van der Waals surface area contributed by atoms with E-state index in [1.165, 1.54) is 27.2 Å². The predicted octanol–water partition coefficient (Wildman–Crippen LogP) is 14.9. The molecule has 262 valence electrons. The van der Waals surface area contributed by atoms with Crippen LogP contribution < -0.4 is 4.90 Å². The van der Waals surface area contributed by atoms with Crippen molar-refractivity contribution in [2.24, 2.45) is 0 Å². The van der Waals surface area contributed by atoms with Gasteiger partial charge in [-0.3, -0.25) is 0 Å². The van der Waals surface area contributed by atoms with Crippen molar-refractivity contribution in [2.75, 3.05) is 4.90 Å². The van der Waals surface area contributed by atoms with E-state index >= 15 is 0 Å². The highest BCUT2D eigenvalue weighted by Crippen LogP contribution is 2.45. The normalized spacial score (nSPS) is 11.9. The number of rotatable bonds is 5. The minimum Gasteiger partial charge on any atom is -0.456 e. The molecule has 3 aromatic heterocycles. The maximum absolute atomic E-state index is 6.69. The molecule has 0 saturated heterocycles. The molecule has 0 aliphatic heterocycles. The summed E-state index contributed by atoms with van der Waals surface area (Å²) in [5.74, 6) is 0. The monoisotopic (exact) mass is 716 g/mol. The lowest BCUT2D eigenvalue weighted by Gasteiger charge is -2.26. The summed E-state index contributed by atoms with van der Waals surface area (Å²) in [7, 11) is 0. The summed E-state index contributed by atoms with van der Waals surface area (Å²) in [6, 6.07) is 69.2. The molecule has 0 unspecified atom stereocenters. The number of anilines is 3. The lowest BCUT2D eigenvalue weighted by molar-refractivity contribution is 0.668. The van der Waals surface area contributed by atoms with Crippen molar-refractivity contribution >= 4 is 93.5 Å². The fourth-order valence-corrected chi connectivity index (χ4v) is 8.75. The molecule has 0 atom stereocenters. The zero-order valence-corrected chi connectivity index (χ0v) is 30.2. The molecule has 0 bridgehead atoms. The minimum absolute atomic E-state index is 0.856. The second kappa shape index (κ2) is 12.0. The number of fused-ring (bicyclic) bond motifs is 10. The van der Waals surface area contributed by atoms with E-state index in [0.717, 1.165) is 83.1 Å². The van der Waals surface area contributed by atoms with E-state index in [0.29, 0.717) is 0 Å². The van der Waals surface area contributed by atoms with Crippen LogP contribution in [0.1, 0.15) is 0 Å². The Morgan fingerprint density at radius 1 is 0.357 bits per heavy atom. The summed E-state index contributed by atoms with van der Waals surface area (Å²) in [5.41, 5.74) is 12.4. The number of para-hydroxylation sites is 5. The van der Waals surface area contributed by atoms with E-state index in [1.807, 2.05) is 24.3 Å². The molecule has 0 aliphatic carbocycles. The summed E-state index contributed by atoms with van der Waals surface area (Å²) < 4.78 is 15.2. The Labute approximate surface area is 321 Å². The summed E-state index contributed by atoms with van der Waals surface area (Å²) in [5, 5.41) is 9.23. The van der Waals surface area contributed by atoms with E-state index in [2.05, 4.69) is 179 Å². The third-order valence-electron chi connectivity index (χ3n) is 11.3. The fourth-order valence-electron chi connectivity index (χ4n) is 8.75. The van der Waals surface area contributed by atoms with Crippen LogP contribution in [0.4, 0.5) is 17.1 Å². The Morgan fingerprint density at radius 2 is 0.964 bits per heavy atom. The van der Waals surface area contributed by atoms with E-state index < -0.39 is 0 Å². The molecule has 4 heteroatoms. The molecular weight excluding hydrogens is 685 g/mol. The molecule has 9 aromatic carbocycles. The van der Waals surface area contributed by atoms with Crippen LogP contribution in [-0.2, 0) is 0 Å². The lowest BCUT2D eigenvalue weighted by atomic mass is 9.99. The Morgan fingerprint density at radius 3 is 1.84 bits per heavy atom. The SMILES string of the molecule is c1ccc(-n2c3ccccc3c3ccc(N(c4ccc5cc(-c6ccc7oc8ccccc8c7c6)ccc5c4)c4cccc5c4oc4ccccc45)cc32)cc1. The molecule has 0 spiro atoms. The molecule has 0 amide bonds. The maximum atomic E-state index is 6.69. The Kier molecular flexibility index (Phi) is 6.60. The first-order valence-electron chi connectivity index (χ1n) is 19.0. The van der Waals surface area contributed by atoms with Gasteiger partial charge in [0.05, 0.1) is 16.7 Å². The van der Waals surface area contributed by atoms with Crippen LogP contribution in [0.2, 0.25) is 0 Å². The number of furan rings is 2. The molecule has 0 radical (unpaired) electrons. The summed E-state index contributed by atoms with van der Waals surface area (Å²) in [4.78, 5) is 2.35. The first-order chi connectivity index (χ1) is 27.7. The highest BCUT2D eigenvalue weighted by molar-refractivity contribution is 6.13. The standard InChI is InChI=1S/C52H32N2O2/c1-2-11-37(12-3-1)54-46-17-7-4-13-40(46)41-27-26-39(32-48(41)54)53(47-18-10-16-44-42-14-5-9-20-50(42)56-52(44)47)38-25-23-34-29-33(21-22-35(34)30-38)36-24-28-51-45(31-36)43-15-6-8-19-49(43)55-51/h1-32H. The van der Waals surface area contributed by atoms with E-state index in [4.69, 9.17) is 8.83 Å². The van der Waals surface area contributed by atoms with Crippen LogP contribution >= 0.6 is 0 Å². The van der Waals surface area contributed by atoms with Gasteiger partial charge in [0.25, 0.3) is 0 Å². The first kappa shape index (κ1) is 30.9. The van der Waals surface area contributed by atoms with Crippen LogP contribution in [0.15, 0.2) is 203 Å². The van der Waals surface area contributed by atoms with Gasteiger partial charge in [0.1, 0.15) is 16.7 Å². The average molecular weight is 717 g/mol. The molecule has 56 heavy (non-hydrogen) atoms. The number of aromatic nitrogens is 1. The summed E-state index contributed by atoms with van der Waals surface area (Å²) >= 11 is 0. The van der Waals surface area contributed by atoms with Gasteiger partial charge in [-0.15, -0.1) is 0 Å². The summed E-state index contributed by atoms with van der Waals surface area (Å²) in [6.45, 7) is 0. The van der Waals surface area contributed by atoms with Gasteiger partial charge in [0.2, 0.25) is 0 Å². The van der Waals surface area contributed by atoms with Gasteiger partial charge in [-0.1, -0.05) is 115 Å². The van der Waals surface area contributed by atoms with Gasteiger partial charge in [-0.25, -0.2) is 0 Å². The number of nitrogens with zero attached hydrogens (tertiary/aromatic N) is 2. The van der Waals surface area contributed by atoms with Crippen molar-refractivity contribution in [3.05, 3.63) is 194 Å². The predicted molar refractivity (Wildman–Crippen MR) is 233 cm³/mol. The van der Waals surface area contributed by atoms with Gasteiger partial charge in [0.15, 0.2) is 5.58 Å². The van der Waals surface area contributed by atoms with Crippen molar-refractivity contribution in [1.29, 1.82) is 0 Å². The van der Waals surface area contributed by atoms with Crippen LogP contribution in [0.25, 0.3) is 93.3 Å². The van der Waals surface area contributed by atoms with Crippen molar-refractivity contribution in [2.45, 2.75) is 0 Å². The second-order valence-electron chi connectivity index (χ2n) is 14.5. The van der Waals surface area contributed by atoms with Crippen LogP contribution in [0, 0.1) is 0 Å². The van der Waals surface area contributed by atoms with E-state index in [9.17, 15) is 0 Å². The van der Waals surface area contributed by atoms with Crippen molar-refractivity contribution in [3.8, 4) is 16.8 Å². The van der Waals surface area contributed by atoms with E-state index in [-0.39, 0.29) is 0 Å². The molecule has 3 heterocycles. The molecule has 12 rings (SSSR count). The average Bonchev–Trinajstić information content (AvgIpc) is 3.93. The molecule has 4 nitrogen and oxygen atoms in total. The Hall–Kier alpha value is -7.56. The molecular formula is C52H32N2O2. The van der Waals surface area contributed by atoms with Gasteiger partial charge >= 0.3 is 0 Å². The fraction of sp³-hybridized carbons (Fsp3) is 0. The number of benzene rings is 9. The maximum Gasteiger partial charge on any atom is 0.159 e. The van der Waals surface area contributed by atoms with Crippen LogP contribution in [-0.4, -0.2) is 4.57 Å². The second-order valence-corrected chi connectivity index (χ2v) is 14.5. The Balaban J connectivity index is 1.05. The molecule has 0 aliphatic rings. The van der Waals surface area contributed by atoms with Crippen LogP contribution in [0.5, 0.6) is 0 Å². The summed E-state index contributed by atoms with van der Waals surface area (Å²) in [6.07, 6.45) is 0. The minimum atomic E-state index is 0.856. The first-order valence-corrected chi connectivity index (χ1v) is 19.0. The van der Waals surface area contributed by atoms with E-state index in [1.54, 1.807) is 0 Å². The van der Waals surface area contributed by atoms with Crippen molar-refractivity contribution in [3.63, 3.8) is 0 Å². The largest absolute Gasteiger partial charge is 0.456 e. The highest BCUT2D eigenvalue weighted by Gasteiger charge is 2.22. The zero-order chi connectivity index (χ0) is 36.7. The third kappa shape index (κ3) is 4.66. The van der Waals surface area contributed by atoms with Crippen LogP contribution in [0.3, 0.4) is 0 Å². The zero-order valence-electron chi connectivity index (χ0n) is 30.2. The molecule has 0 saturated carbocycles. The number of hydrogen-bond acceptors (Lipinski definition) is 3. The molecule has 0 fully saturated rings. The number of hydrogen-bond donors (Lipinski definition) is 0. The molecule has 0 N–H and O–H groups in total. The lowest BCUT2D eigenvalue weighted by Crippen LogP contribution is -2.10. The molecule has 12 aromatic rings. The topological polar surface area (TPSA) is 34.5 Å². The smallest absolute Gasteiger partial charge is 0.159 e. The van der Waals surface area contributed by atoms with Gasteiger partial charge in [0, 0.05) is 49.4 Å².